The molecule has 0 aliphatic carbocycles. The highest BCUT2D eigenvalue weighted by atomic mass is 35.5. The van der Waals surface area contributed by atoms with Crippen molar-refractivity contribution in [1.29, 1.82) is 0 Å². The van der Waals surface area contributed by atoms with E-state index < -0.39 is 0 Å². The van der Waals surface area contributed by atoms with E-state index in [1.807, 2.05) is 6.07 Å². The molecular weight excluding hydrogens is 222 g/mol. The average Bonchev–Trinajstić information content (AvgIpc) is 2.19. The topological polar surface area (TPSA) is 21.3 Å². The first-order chi connectivity index (χ1) is 7.59. The summed E-state index contributed by atoms with van der Waals surface area (Å²) in [6, 6.07) is 6.19. The largest absolute Gasteiger partial charge is 0.380 e. The van der Waals surface area contributed by atoms with E-state index >= 15 is 0 Å². The molecule has 3 heteroatoms. The SMILES string of the molecule is Cc1ccc(CNCC2(C)COC2)c(Cl)c1. The van der Waals surface area contributed by atoms with Gasteiger partial charge in [0.15, 0.2) is 0 Å². The van der Waals surface area contributed by atoms with E-state index in [1.54, 1.807) is 0 Å². The van der Waals surface area contributed by atoms with Gasteiger partial charge in [-0.25, -0.2) is 0 Å². The van der Waals surface area contributed by atoms with Crippen molar-refractivity contribution >= 4 is 11.6 Å². The Balaban J connectivity index is 1.85. The molecule has 1 aromatic rings. The number of halogens is 1. The van der Waals surface area contributed by atoms with Gasteiger partial charge in [-0.1, -0.05) is 30.7 Å². The minimum atomic E-state index is 0.317. The predicted octanol–water partition coefficient (Wildman–Crippen LogP) is 2.77. The Kier molecular flexibility index (Phi) is 3.53. The Morgan fingerprint density at radius 3 is 2.75 bits per heavy atom. The van der Waals surface area contributed by atoms with Gasteiger partial charge in [-0.05, 0) is 24.1 Å². The van der Waals surface area contributed by atoms with E-state index in [2.05, 4.69) is 31.3 Å². The van der Waals surface area contributed by atoms with E-state index in [9.17, 15) is 0 Å². The number of aryl methyl sites for hydroxylation is 1. The quantitative estimate of drug-likeness (QED) is 0.873. The number of benzene rings is 1. The summed E-state index contributed by atoms with van der Waals surface area (Å²) in [5, 5.41) is 4.29. The van der Waals surface area contributed by atoms with Crippen molar-refractivity contribution in [3.05, 3.63) is 34.3 Å². The second-order valence-corrected chi connectivity index (χ2v) is 5.41. The first-order valence-corrected chi connectivity index (χ1v) is 6.00. The second kappa shape index (κ2) is 4.74. The molecule has 1 aliphatic rings. The maximum atomic E-state index is 6.16. The fourth-order valence-corrected chi connectivity index (χ4v) is 2.15. The average molecular weight is 240 g/mol. The summed E-state index contributed by atoms with van der Waals surface area (Å²) in [5.41, 5.74) is 2.68. The summed E-state index contributed by atoms with van der Waals surface area (Å²) >= 11 is 6.16. The van der Waals surface area contributed by atoms with Gasteiger partial charge in [-0.15, -0.1) is 0 Å². The van der Waals surface area contributed by atoms with Crippen LogP contribution in [0.15, 0.2) is 18.2 Å². The summed E-state index contributed by atoms with van der Waals surface area (Å²) < 4.78 is 5.21. The fourth-order valence-electron chi connectivity index (χ4n) is 1.85. The summed E-state index contributed by atoms with van der Waals surface area (Å²) in [6.45, 7) is 7.82. The van der Waals surface area contributed by atoms with E-state index in [1.165, 1.54) is 5.56 Å². The van der Waals surface area contributed by atoms with E-state index in [0.717, 1.165) is 36.9 Å². The molecule has 1 heterocycles. The van der Waals surface area contributed by atoms with Crippen LogP contribution < -0.4 is 5.32 Å². The maximum Gasteiger partial charge on any atom is 0.0554 e. The highest BCUT2D eigenvalue weighted by Gasteiger charge is 2.32. The molecule has 1 saturated heterocycles. The molecule has 0 atom stereocenters. The fraction of sp³-hybridized carbons (Fsp3) is 0.538. The van der Waals surface area contributed by atoms with Crippen molar-refractivity contribution in [2.75, 3.05) is 19.8 Å². The van der Waals surface area contributed by atoms with Gasteiger partial charge in [0.1, 0.15) is 0 Å². The Morgan fingerprint density at radius 2 is 2.19 bits per heavy atom. The number of ether oxygens (including phenoxy) is 1. The van der Waals surface area contributed by atoms with Crippen LogP contribution in [-0.4, -0.2) is 19.8 Å². The van der Waals surface area contributed by atoms with Crippen molar-refractivity contribution in [3.63, 3.8) is 0 Å². The Bertz CT molecular complexity index is 374. The molecule has 0 aromatic heterocycles. The predicted molar refractivity (Wildman–Crippen MR) is 66.8 cm³/mol. The Labute approximate surface area is 102 Å². The highest BCUT2D eigenvalue weighted by Crippen LogP contribution is 2.25. The van der Waals surface area contributed by atoms with Crippen molar-refractivity contribution in [2.24, 2.45) is 5.41 Å². The van der Waals surface area contributed by atoms with Crippen LogP contribution >= 0.6 is 11.6 Å². The Morgan fingerprint density at radius 1 is 1.44 bits per heavy atom. The van der Waals surface area contributed by atoms with Gasteiger partial charge in [0.25, 0.3) is 0 Å². The zero-order valence-electron chi connectivity index (χ0n) is 9.85. The van der Waals surface area contributed by atoms with Gasteiger partial charge in [-0.2, -0.15) is 0 Å². The summed E-state index contributed by atoms with van der Waals surface area (Å²) in [7, 11) is 0. The molecule has 2 nitrogen and oxygen atoms in total. The number of hydrogen-bond donors (Lipinski definition) is 1. The molecule has 0 spiro atoms. The summed E-state index contributed by atoms with van der Waals surface area (Å²) in [6.07, 6.45) is 0. The lowest BCUT2D eigenvalue weighted by Gasteiger charge is -2.38. The van der Waals surface area contributed by atoms with Crippen LogP contribution in [0.3, 0.4) is 0 Å². The van der Waals surface area contributed by atoms with Gasteiger partial charge < -0.3 is 10.1 Å². The molecule has 1 N–H and O–H groups in total. The lowest BCUT2D eigenvalue weighted by atomic mass is 9.89. The van der Waals surface area contributed by atoms with Crippen LogP contribution in [0.4, 0.5) is 0 Å². The number of rotatable bonds is 4. The minimum absolute atomic E-state index is 0.317. The first-order valence-electron chi connectivity index (χ1n) is 5.63. The van der Waals surface area contributed by atoms with Gasteiger partial charge in [0.05, 0.1) is 13.2 Å². The molecule has 1 fully saturated rings. The summed E-state index contributed by atoms with van der Waals surface area (Å²) in [5.74, 6) is 0. The van der Waals surface area contributed by atoms with Crippen molar-refractivity contribution in [3.8, 4) is 0 Å². The third-order valence-corrected chi connectivity index (χ3v) is 3.33. The number of hydrogen-bond acceptors (Lipinski definition) is 2. The third kappa shape index (κ3) is 2.76. The molecule has 0 bridgehead atoms. The monoisotopic (exact) mass is 239 g/mol. The first kappa shape index (κ1) is 11.9. The zero-order chi connectivity index (χ0) is 11.6. The van der Waals surface area contributed by atoms with Gasteiger partial charge in [0, 0.05) is 23.5 Å². The molecule has 1 aromatic carbocycles. The van der Waals surface area contributed by atoms with Crippen LogP contribution in [0.2, 0.25) is 5.02 Å². The second-order valence-electron chi connectivity index (χ2n) is 5.00. The van der Waals surface area contributed by atoms with Crippen molar-refractivity contribution < 1.29 is 4.74 Å². The lowest BCUT2D eigenvalue weighted by Crippen LogP contribution is -2.47. The van der Waals surface area contributed by atoms with Crippen LogP contribution in [0.5, 0.6) is 0 Å². The van der Waals surface area contributed by atoms with Gasteiger partial charge >= 0.3 is 0 Å². The molecule has 0 radical (unpaired) electrons. The molecule has 0 unspecified atom stereocenters. The van der Waals surface area contributed by atoms with Crippen LogP contribution in [-0.2, 0) is 11.3 Å². The standard InChI is InChI=1S/C13H18ClNO/c1-10-3-4-11(12(14)5-10)6-15-7-13(2)8-16-9-13/h3-5,15H,6-9H2,1-2H3. The number of nitrogens with one attached hydrogen (secondary N) is 1. The highest BCUT2D eigenvalue weighted by molar-refractivity contribution is 6.31. The Hall–Kier alpha value is -0.570. The zero-order valence-corrected chi connectivity index (χ0v) is 10.6. The van der Waals surface area contributed by atoms with Crippen LogP contribution in [0, 0.1) is 12.3 Å². The molecule has 16 heavy (non-hydrogen) atoms. The third-order valence-electron chi connectivity index (χ3n) is 2.98. The normalized spacial score (nSPS) is 18.2. The molecular formula is C13H18ClNO. The van der Waals surface area contributed by atoms with Crippen molar-refractivity contribution in [1.82, 2.24) is 5.32 Å². The van der Waals surface area contributed by atoms with Gasteiger partial charge in [-0.3, -0.25) is 0 Å². The smallest absolute Gasteiger partial charge is 0.0554 e. The molecule has 88 valence electrons. The van der Waals surface area contributed by atoms with Crippen LogP contribution in [0.1, 0.15) is 18.1 Å². The molecule has 1 aliphatic heterocycles. The molecule has 0 saturated carbocycles. The summed E-state index contributed by atoms with van der Waals surface area (Å²) in [4.78, 5) is 0. The molecule has 0 amide bonds. The maximum absolute atomic E-state index is 6.16. The lowest BCUT2D eigenvalue weighted by molar-refractivity contribution is -0.0991. The van der Waals surface area contributed by atoms with E-state index in [-0.39, 0.29) is 0 Å². The van der Waals surface area contributed by atoms with Crippen LogP contribution in [0.25, 0.3) is 0 Å². The molecule has 2 rings (SSSR count). The van der Waals surface area contributed by atoms with E-state index in [4.69, 9.17) is 16.3 Å². The van der Waals surface area contributed by atoms with E-state index in [0.29, 0.717) is 5.41 Å². The van der Waals surface area contributed by atoms with Gasteiger partial charge in [0.2, 0.25) is 0 Å². The minimum Gasteiger partial charge on any atom is -0.380 e. The van der Waals surface area contributed by atoms with Crippen molar-refractivity contribution in [2.45, 2.75) is 20.4 Å².